The molecular formula is C13H18ClFN2O. The number of hydrogen-bond donors (Lipinski definition) is 2. The second kappa shape index (κ2) is 6.71. The summed E-state index contributed by atoms with van der Waals surface area (Å²) in [6.45, 7) is 3.61. The van der Waals surface area contributed by atoms with Crippen LogP contribution in [0.5, 0.6) is 0 Å². The number of nitrogens with one attached hydrogen (secondary N) is 2. The number of carbonyl (C=O) groups excluding carboxylic acids is 1. The second-order valence-corrected chi connectivity index (χ2v) is 4.48. The highest BCUT2D eigenvalue weighted by Crippen LogP contribution is 2.11. The summed E-state index contributed by atoms with van der Waals surface area (Å²) in [5, 5.41) is 6.16. The Kier molecular flexibility index (Phi) is 5.56. The number of hydrogen-bond acceptors (Lipinski definition) is 2. The average molecular weight is 273 g/mol. The summed E-state index contributed by atoms with van der Waals surface area (Å²) < 4.78 is 13.1. The molecule has 1 aliphatic heterocycles. The van der Waals surface area contributed by atoms with Crippen LogP contribution < -0.4 is 10.6 Å². The summed E-state index contributed by atoms with van der Waals surface area (Å²) in [5.74, 6) is -0.557. The lowest BCUT2D eigenvalue weighted by atomic mass is 10.0. The van der Waals surface area contributed by atoms with Crippen LogP contribution in [0.4, 0.5) is 4.39 Å². The van der Waals surface area contributed by atoms with E-state index in [-0.39, 0.29) is 30.2 Å². The van der Waals surface area contributed by atoms with Crippen molar-refractivity contribution in [2.75, 3.05) is 13.1 Å². The molecule has 1 fully saturated rings. The Balaban J connectivity index is 0.00000162. The fourth-order valence-electron chi connectivity index (χ4n) is 2.08. The minimum Gasteiger partial charge on any atom is -0.348 e. The van der Waals surface area contributed by atoms with Gasteiger partial charge in [-0.2, -0.15) is 0 Å². The van der Waals surface area contributed by atoms with E-state index in [9.17, 15) is 9.18 Å². The van der Waals surface area contributed by atoms with E-state index >= 15 is 0 Å². The van der Waals surface area contributed by atoms with Gasteiger partial charge in [0.25, 0.3) is 5.91 Å². The van der Waals surface area contributed by atoms with Crippen LogP contribution in [0.25, 0.3) is 0 Å². The molecule has 1 heterocycles. The van der Waals surface area contributed by atoms with Gasteiger partial charge in [-0.3, -0.25) is 4.79 Å². The Morgan fingerprint density at radius 1 is 1.50 bits per heavy atom. The number of halogens is 2. The highest BCUT2D eigenvalue weighted by molar-refractivity contribution is 5.95. The molecule has 5 heteroatoms. The number of carbonyl (C=O) groups is 1. The third-order valence-electron chi connectivity index (χ3n) is 3.08. The minimum absolute atomic E-state index is 0. The van der Waals surface area contributed by atoms with Crippen LogP contribution >= 0.6 is 12.4 Å². The van der Waals surface area contributed by atoms with Gasteiger partial charge in [-0.1, -0.05) is 6.07 Å². The first-order valence-corrected chi connectivity index (χ1v) is 5.94. The molecule has 0 bridgehead atoms. The maximum absolute atomic E-state index is 13.1. The van der Waals surface area contributed by atoms with Crippen molar-refractivity contribution in [3.8, 4) is 0 Å². The van der Waals surface area contributed by atoms with Crippen LogP contribution in [-0.2, 0) is 0 Å². The van der Waals surface area contributed by atoms with E-state index in [1.54, 1.807) is 6.07 Å². The standard InChI is InChI=1S/C13H17FN2O.ClH/c1-9-4-5-10(14)7-12(9)13(17)16-11-3-2-6-15-8-11;/h4-5,7,11,15H,2-3,6,8H2,1H3,(H,16,17);1H/t11-;/m0./s1. The first-order chi connectivity index (χ1) is 8.16. The number of aryl methyl sites for hydroxylation is 1. The Bertz CT molecular complexity index is 419. The van der Waals surface area contributed by atoms with E-state index in [0.29, 0.717) is 5.56 Å². The smallest absolute Gasteiger partial charge is 0.251 e. The molecule has 1 aromatic rings. The normalized spacial score (nSPS) is 18.9. The zero-order valence-electron chi connectivity index (χ0n) is 10.3. The van der Waals surface area contributed by atoms with Crippen molar-refractivity contribution < 1.29 is 9.18 Å². The largest absolute Gasteiger partial charge is 0.348 e. The highest BCUT2D eigenvalue weighted by atomic mass is 35.5. The van der Waals surface area contributed by atoms with E-state index in [1.807, 2.05) is 6.92 Å². The Hall–Kier alpha value is -1.13. The summed E-state index contributed by atoms with van der Waals surface area (Å²) in [5.41, 5.74) is 1.23. The van der Waals surface area contributed by atoms with E-state index < -0.39 is 0 Å². The van der Waals surface area contributed by atoms with Crippen LogP contribution in [0.1, 0.15) is 28.8 Å². The second-order valence-electron chi connectivity index (χ2n) is 4.48. The van der Waals surface area contributed by atoms with Gasteiger partial charge in [-0.05, 0) is 44.0 Å². The molecule has 3 nitrogen and oxygen atoms in total. The van der Waals surface area contributed by atoms with E-state index in [4.69, 9.17) is 0 Å². The molecule has 0 spiro atoms. The van der Waals surface area contributed by atoms with Crippen molar-refractivity contribution in [1.29, 1.82) is 0 Å². The summed E-state index contributed by atoms with van der Waals surface area (Å²) in [7, 11) is 0. The Labute approximate surface area is 113 Å². The average Bonchev–Trinajstić information content (AvgIpc) is 2.33. The third-order valence-corrected chi connectivity index (χ3v) is 3.08. The summed E-state index contributed by atoms with van der Waals surface area (Å²) in [6.07, 6.45) is 2.04. The molecule has 1 saturated heterocycles. The molecular weight excluding hydrogens is 255 g/mol. The first-order valence-electron chi connectivity index (χ1n) is 5.94. The van der Waals surface area contributed by atoms with Gasteiger partial charge in [-0.25, -0.2) is 4.39 Å². The Morgan fingerprint density at radius 3 is 2.94 bits per heavy atom. The van der Waals surface area contributed by atoms with Crippen molar-refractivity contribution in [2.24, 2.45) is 0 Å². The van der Waals surface area contributed by atoms with Crippen LogP contribution in [0.3, 0.4) is 0 Å². The Morgan fingerprint density at radius 2 is 2.28 bits per heavy atom. The predicted octanol–water partition coefficient (Wildman–Crippen LogP) is 2.04. The molecule has 1 aliphatic rings. The van der Waals surface area contributed by atoms with Crippen LogP contribution in [0.2, 0.25) is 0 Å². The molecule has 0 saturated carbocycles. The monoisotopic (exact) mass is 272 g/mol. The number of benzene rings is 1. The van der Waals surface area contributed by atoms with Gasteiger partial charge in [0.1, 0.15) is 5.82 Å². The maximum atomic E-state index is 13.1. The predicted molar refractivity (Wildman–Crippen MR) is 71.7 cm³/mol. The number of amides is 1. The number of piperidine rings is 1. The van der Waals surface area contributed by atoms with Crippen molar-refractivity contribution in [3.05, 3.63) is 35.1 Å². The minimum atomic E-state index is -0.373. The fraction of sp³-hybridized carbons (Fsp3) is 0.462. The molecule has 1 atom stereocenters. The van der Waals surface area contributed by atoms with Crippen molar-refractivity contribution in [1.82, 2.24) is 10.6 Å². The van der Waals surface area contributed by atoms with Crippen LogP contribution in [0.15, 0.2) is 18.2 Å². The molecule has 0 radical (unpaired) electrons. The van der Waals surface area contributed by atoms with Gasteiger partial charge < -0.3 is 10.6 Å². The highest BCUT2D eigenvalue weighted by Gasteiger charge is 2.17. The fourth-order valence-corrected chi connectivity index (χ4v) is 2.08. The third kappa shape index (κ3) is 3.68. The molecule has 0 aromatic heterocycles. The topological polar surface area (TPSA) is 41.1 Å². The lowest BCUT2D eigenvalue weighted by Crippen LogP contribution is -2.45. The molecule has 1 amide bonds. The molecule has 2 rings (SSSR count). The van der Waals surface area contributed by atoms with E-state index in [2.05, 4.69) is 10.6 Å². The summed E-state index contributed by atoms with van der Waals surface area (Å²) >= 11 is 0. The van der Waals surface area contributed by atoms with Crippen molar-refractivity contribution >= 4 is 18.3 Å². The molecule has 1 aromatic carbocycles. The molecule has 0 unspecified atom stereocenters. The summed E-state index contributed by atoms with van der Waals surface area (Å²) in [6, 6.07) is 4.44. The van der Waals surface area contributed by atoms with Gasteiger partial charge in [0.2, 0.25) is 0 Å². The number of rotatable bonds is 2. The maximum Gasteiger partial charge on any atom is 0.251 e. The van der Waals surface area contributed by atoms with E-state index in [1.165, 1.54) is 12.1 Å². The zero-order chi connectivity index (χ0) is 12.3. The van der Waals surface area contributed by atoms with Gasteiger partial charge in [0.15, 0.2) is 0 Å². The lowest BCUT2D eigenvalue weighted by Gasteiger charge is -2.24. The van der Waals surface area contributed by atoms with Gasteiger partial charge >= 0.3 is 0 Å². The molecule has 100 valence electrons. The van der Waals surface area contributed by atoms with Gasteiger partial charge in [0, 0.05) is 18.2 Å². The zero-order valence-corrected chi connectivity index (χ0v) is 11.1. The van der Waals surface area contributed by atoms with Gasteiger partial charge in [0.05, 0.1) is 0 Å². The van der Waals surface area contributed by atoms with Crippen LogP contribution in [-0.4, -0.2) is 25.0 Å². The summed E-state index contributed by atoms with van der Waals surface area (Å²) in [4.78, 5) is 12.0. The molecule has 18 heavy (non-hydrogen) atoms. The van der Waals surface area contributed by atoms with Crippen molar-refractivity contribution in [3.63, 3.8) is 0 Å². The van der Waals surface area contributed by atoms with Crippen LogP contribution in [0, 0.1) is 12.7 Å². The quantitative estimate of drug-likeness (QED) is 0.865. The van der Waals surface area contributed by atoms with Gasteiger partial charge in [-0.15, -0.1) is 12.4 Å². The first kappa shape index (κ1) is 14.9. The SMILES string of the molecule is Cc1ccc(F)cc1C(=O)N[C@H]1CCCNC1.Cl. The van der Waals surface area contributed by atoms with Crippen molar-refractivity contribution in [2.45, 2.75) is 25.8 Å². The lowest BCUT2D eigenvalue weighted by molar-refractivity contribution is 0.0929. The molecule has 2 N–H and O–H groups in total. The van der Waals surface area contributed by atoms with E-state index in [0.717, 1.165) is 31.5 Å². The molecule has 0 aliphatic carbocycles.